The third-order valence-electron chi connectivity index (χ3n) is 2.48. The Labute approximate surface area is 86.8 Å². The number of aromatic hydroxyl groups is 1. The second-order valence-corrected chi connectivity index (χ2v) is 4.26. The fourth-order valence-corrected chi connectivity index (χ4v) is 1.99. The van der Waals surface area contributed by atoms with Crippen LogP contribution < -0.4 is 0 Å². The first-order valence-corrected chi connectivity index (χ1v) is 5.38. The van der Waals surface area contributed by atoms with E-state index in [1.807, 2.05) is 13.0 Å². The Balaban J connectivity index is 3.21. The number of hydrogen-bond donors (Lipinski definition) is 1. The molecule has 0 spiro atoms. The largest absolute Gasteiger partial charge is 0.508 e. The molecule has 1 nitrogen and oxygen atoms in total. The van der Waals surface area contributed by atoms with Crippen LogP contribution in [0.25, 0.3) is 0 Å². The molecule has 0 aliphatic carbocycles. The summed E-state index contributed by atoms with van der Waals surface area (Å²) in [6.07, 6.45) is 2.19. The van der Waals surface area contributed by atoms with Gasteiger partial charge in [0.15, 0.2) is 0 Å². The van der Waals surface area contributed by atoms with Crippen molar-refractivity contribution in [2.45, 2.75) is 46.5 Å². The van der Waals surface area contributed by atoms with Crippen molar-refractivity contribution in [3.63, 3.8) is 0 Å². The van der Waals surface area contributed by atoms with Gasteiger partial charge in [0, 0.05) is 0 Å². The summed E-state index contributed by atoms with van der Waals surface area (Å²) in [5, 5.41) is 9.87. The number of phenols is 1. The molecule has 0 unspecified atom stereocenters. The molecule has 0 heterocycles. The highest BCUT2D eigenvalue weighted by Gasteiger charge is 2.11. The van der Waals surface area contributed by atoms with Crippen LogP contribution in [0.5, 0.6) is 5.75 Å². The highest BCUT2D eigenvalue weighted by atomic mass is 16.3. The molecule has 0 aromatic heterocycles. The molecule has 0 atom stereocenters. The molecule has 1 aromatic rings. The van der Waals surface area contributed by atoms with Crippen molar-refractivity contribution >= 4 is 0 Å². The van der Waals surface area contributed by atoms with E-state index in [1.165, 1.54) is 5.56 Å². The lowest BCUT2D eigenvalue weighted by Crippen LogP contribution is -1.97. The minimum absolute atomic E-state index is 0.400. The lowest BCUT2D eigenvalue weighted by Gasteiger charge is -2.15. The average Bonchev–Trinajstić information content (AvgIpc) is 2.01. The highest BCUT2D eigenvalue weighted by Crippen LogP contribution is 2.31. The minimum atomic E-state index is 0.400. The number of aryl methyl sites for hydroxylation is 2. The zero-order valence-corrected chi connectivity index (χ0v) is 9.59. The maximum Gasteiger partial charge on any atom is 0.119 e. The van der Waals surface area contributed by atoms with Crippen LogP contribution >= 0.6 is 0 Å². The Morgan fingerprint density at radius 1 is 1.29 bits per heavy atom. The molecule has 0 saturated heterocycles. The SMILES string of the molecule is CCCc1cc(C)cc(O)c1C(C)C. The van der Waals surface area contributed by atoms with Gasteiger partial charge in [-0.15, -0.1) is 0 Å². The minimum Gasteiger partial charge on any atom is -0.508 e. The smallest absolute Gasteiger partial charge is 0.119 e. The van der Waals surface area contributed by atoms with Gasteiger partial charge >= 0.3 is 0 Å². The van der Waals surface area contributed by atoms with Gasteiger partial charge in [0.1, 0.15) is 5.75 Å². The Kier molecular flexibility index (Phi) is 3.56. The summed E-state index contributed by atoms with van der Waals surface area (Å²) in [7, 11) is 0. The van der Waals surface area contributed by atoms with Crippen LogP contribution in [0.2, 0.25) is 0 Å². The van der Waals surface area contributed by atoms with E-state index in [1.54, 1.807) is 0 Å². The van der Waals surface area contributed by atoms with Crippen LogP contribution in [0.3, 0.4) is 0 Å². The van der Waals surface area contributed by atoms with E-state index in [0.29, 0.717) is 11.7 Å². The normalized spacial score (nSPS) is 10.9. The van der Waals surface area contributed by atoms with Crippen LogP contribution in [-0.4, -0.2) is 5.11 Å². The molecular weight excluding hydrogens is 172 g/mol. The lowest BCUT2D eigenvalue weighted by molar-refractivity contribution is 0.463. The van der Waals surface area contributed by atoms with E-state index in [-0.39, 0.29) is 0 Å². The quantitative estimate of drug-likeness (QED) is 0.772. The average molecular weight is 192 g/mol. The van der Waals surface area contributed by atoms with E-state index < -0.39 is 0 Å². The van der Waals surface area contributed by atoms with Gasteiger partial charge in [-0.1, -0.05) is 33.3 Å². The molecule has 0 bridgehead atoms. The third kappa shape index (κ3) is 2.28. The molecular formula is C13H20O. The van der Waals surface area contributed by atoms with Gasteiger partial charge in [-0.05, 0) is 42.0 Å². The first-order chi connectivity index (χ1) is 6.56. The summed E-state index contributed by atoms with van der Waals surface area (Å²) in [5.41, 5.74) is 3.58. The maximum absolute atomic E-state index is 9.87. The summed E-state index contributed by atoms with van der Waals surface area (Å²) >= 11 is 0. The van der Waals surface area contributed by atoms with Crippen LogP contribution in [0.15, 0.2) is 12.1 Å². The van der Waals surface area contributed by atoms with E-state index in [4.69, 9.17) is 0 Å². The van der Waals surface area contributed by atoms with Crippen LogP contribution in [0, 0.1) is 6.92 Å². The second kappa shape index (κ2) is 4.50. The molecule has 1 rings (SSSR count). The first kappa shape index (κ1) is 11.1. The molecule has 1 aromatic carbocycles. The molecule has 0 aliphatic rings. The van der Waals surface area contributed by atoms with Gasteiger partial charge in [0.05, 0.1) is 0 Å². The van der Waals surface area contributed by atoms with Crippen molar-refractivity contribution in [3.8, 4) is 5.75 Å². The molecule has 14 heavy (non-hydrogen) atoms. The summed E-state index contributed by atoms with van der Waals surface area (Å²) < 4.78 is 0. The number of benzene rings is 1. The van der Waals surface area contributed by atoms with Crippen molar-refractivity contribution in [2.75, 3.05) is 0 Å². The third-order valence-corrected chi connectivity index (χ3v) is 2.48. The maximum atomic E-state index is 9.87. The predicted molar refractivity (Wildman–Crippen MR) is 60.9 cm³/mol. The van der Waals surface area contributed by atoms with E-state index in [9.17, 15) is 5.11 Å². The van der Waals surface area contributed by atoms with Gasteiger partial charge in [-0.25, -0.2) is 0 Å². The summed E-state index contributed by atoms with van der Waals surface area (Å²) in [6.45, 7) is 8.46. The molecule has 0 aliphatic heterocycles. The van der Waals surface area contributed by atoms with E-state index in [2.05, 4.69) is 26.8 Å². The molecule has 0 radical (unpaired) electrons. The Morgan fingerprint density at radius 2 is 1.93 bits per heavy atom. The van der Waals surface area contributed by atoms with E-state index >= 15 is 0 Å². The molecule has 1 N–H and O–H groups in total. The fourth-order valence-electron chi connectivity index (χ4n) is 1.99. The van der Waals surface area contributed by atoms with Gasteiger partial charge in [-0.2, -0.15) is 0 Å². The predicted octanol–water partition coefficient (Wildman–Crippen LogP) is 3.78. The Hall–Kier alpha value is -0.980. The number of hydrogen-bond acceptors (Lipinski definition) is 1. The van der Waals surface area contributed by atoms with Crippen molar-refractivity contribution in [1.29, 1.82) is 0 Å². The molecule has 0 fully saturated rings. The van der Waals surface area contributed by atoms with Crippen LogP contribution in [0.4, 0.5) is 0 Å². The molecule has 0 saturated carbocycles. The first-order valence-electron chi connectivity index (χ1n) is 5.38. The Bertz CT molecular complexity index is 313. The highest BCUT2D eigenvalue weighted by molar-refractivity contribution is 5.44. The van der Waals surface area contributed by atoms with Gasteiger partial charge in [-0.3, -0.25) is 0 Å². The van der Waals surface area contributed by atoms with Crippen molar-refractivity contribution in [1.82, 2.24) is 0 Å². The monoisotopic (exact) mass is 192 g/mol. The van der Waals surface area contributed by atoms with Gasteiger partial charge < -0.3 is 5.11 Å². The standard InChI is InChI=1S/C13H20O/c1-5-6-11-7-10(4)8-12(14)13(11)9(2)3/h7-9,14H,5-6H2,1-4H3. The van der Waals surface area contributed by atoms with Gasteiger partial charge in [0.2, 0.25) is 0 Å². The van der Waals surface area contributed by atoms with Crippen molar-refractivity contribution in [3.05, 3.63) is 28.8 Å². The zero-order chi connectivity index (χ0) is 10.7. The molecule has 78 valence electrons. The Morgan fingerprint density at radius 3 is 2.43 bits per heavy atom. The topological polar surface area (TPSA) is 20.2 Å². The van der Waals surface area contributed by atoms with Crippen LogP contribution in [-0.2, 0) is 6.42 Å². The van der Waals surface area contributed by atoms with Gasteiger partial charge in [0.25, 0.3) is 0 Å². The molecule has 0 amide bonds. The second-order valence-electron chi connectivity index (χ2n) is 4.26. The zero-order valence-electron chi connectivity index (χ0n) is 9.59. The number of phenolic OH excluding ortho intramolecular Hbond substituents is 1. The molecule has 1 heteroatoms. The lowest BCUT2D eigenvalue weighted by atomic mass is 9.92. The summed E-state index contributed by atoms with van der Waals surface area (Å²) in [4.78, 5) is 0. The fraction of sp³-hybridized carbons (Fsp3) is 0.538. The van der Waals surface area contributed by atoms with Crippen molar-refractivity contribution < 1.29 is 5.11 Å². The number of rotatable bonds is 3. The van der Waals surface area contributed by atoms with Crippen molar-refractivity contribution in [2.24, 2.45) is 0 Å². The summed E-state index contributed by atoms with van der Waals surface area (Å²) in [6, 6.07) is 4.05. The van der Waals surface area contributed by atoms with E-state index in [0.717, 1.165) is 24.0 Å². The van der Waals surface area contributed by atoms with Crippen LogP contribution in [0.1, 0.15) is 49.8 Å². The summed E-state index contributed by atoms with van der Waals surface area (Å²) in [5.74, 6) is 0.862.